The van der Waals surface area contributed by atoms with E-state index in [4.69, 9.17) is 9.97 Å². The maximum Gasteiger partial charge on any atom is 0.235 e. The lowest BCUT2D eigenvalue weighted by molar-refractivity contribution is 1.01. The summed E-state index contributed by atoms with van der Waals surface area (Å²) in [5.74, 6) is 0.649. The Bertz CT molecular complexity index is 3180. The summed E-state index contributed by atoms with van der Waals surface area (Å²) in [5, 5.41) is 5.82. The highest BCUT2D eigenvalue weighted by Gasteiger charge is 2.23. The van der Waals surface area contributed by atoms with E-state index in [1.54, 1.807) is 0 Å². The number of benzene rings is 8. The van der Waals surface area contributed by atoms with E-state index in [1.807, 2.05) is 0 Å². The smallest absolute Gasteiger partial charge is 0.235 e. The molecule has 3 heterocycles. The molecule has 4 nitrogen and oxygen atoms in total. The third kappa shape index (κ3) is 4.64. The van der Waals surface area contributed by atoms with Gasteiger partial charge in [0.15, 0.2) is 0 Å². The highest BCUT2D eigenvalue weighted by atomic mass is 15.2. The Morgan fingerprint density at radius 3 is 1.46 bits per heavy atom. The van der Waals surface area contributed by atoms with Crippen LogP contribution in [0.3, 0.4) is 0 Å². The van der Waals surface area contributed by atoms with Crippen LogP contribution in [0.4, 0.5) is 0 Å². The van der Waals surface area contributed by atoms with Gasteiger partial charge in [-0.3, -0.25) is 4.57 Å². The van der Waals surface area contributed by atoms with Gasteiger partial charge in [0.2, 0.25) is 5.95 Å². The molecule has 0 atom stereocenters. The first-order valence-electron chi connectivity index (χ1n) is 18.3. The summed E-state index contributed by atoms with van der Waals surface area (Å²) in [7, 11) is 0. The average molecular weight is 689 g/mol. The summed E-state index contributed by atoms with van der Waals surface area (Å²) < 4.78 is 4.66. The van der Waals surface area contributed by atoms with Gasteiger partial charge in [-0.25, -0.2) is 9.97 Å². The fourth-order valence-electron chi connectivity index (χ4n) is 8.35. The Morgan fingerprint density at radius 2 is 0.815 bits per heavy atom. The van der Waals surface area contributed by atoms with E-state index >= 15 is 0 Å². The highest BCUT2D eigenvalue weighted by molar-refractivity contribution is 6.28. The number of hydrogen-bond acceptors (Lipinski definition) is 2. The normalized spacial score (nSPS) is 11.7. The molecule has 0 aliphatic carbocycles. The van der Waals surface area contributed by atoms with Gasteiger partial charge in [-0.2, -0.15) is 0 Å². The quantitative estimate of drug-likeness (QED) is 0.180. The summed E-state index contributed by atoms with van der Waals surface area (Å²) in [6.07, 6.45) is 0. The van der Waals surface area contributed by atoms with Gasteiger partial charge in [0.05, 0.1) is 33.3 Å². The van der Waals surface area contributed by atoms with Gasteiger partial charge >= 0.3 is 0 Å². The Balaban J connectivity index is 1.21. The Labute approximate surface area is 311 Å². The number of nitrogens with zero attached hydrogens (tertiary/aromatic N) is 4. The van der Waals surface area contributed by atoms with Crippen molar-refractivity contribution in [2.45, 2.75) is 0 Å². The third-order valence-corrected chi connectivity index (χ3v) is 10.8. The third-order valence-electron chi connectivity index (χ3n) is 10.8. The van der Waals surface area contributed by atoms with Crippen molar-refractivity contribution in [1.82, 2.24) is 19.1 Å². The second kappa shape index (κ2) is 12.1. The molecule has 0 fully saturated rings. The maximum atomic E-state index is 5.46. The van der Waals surface area contributed by atoms with Crippen LogP contribution < -0.4 is 0 Å². The van der Waals surface area contributed by atoms with Crippen LogP contribution in [0.25, 0.3) is 99.7 Å². The molecule has 0 bridgehead atoms. The van der Waals surface area contributed by atoms with Crippen LogP contribution in [0.15, 0.2) is 194 Å². The molecule has 0 saturated heterocycles. The van der Waals surface area contributed by atoms with Crippen LogP contribution in [-0.4, -0.2) is 19.1 Å². The first-order chi connectivity index (χ1) is 26.8. The molecule has 4 heteroatoms. The van der Waals surface area contributed by atoms with Crippen LogP contribution in [0, 0.1) is 0 Å². The lowest BCUT2D eigenvalue weighted by Gasteiger charge is -2.14. The van der Waals surface area contributed by atoms with Crippen molar-refractivity contribution < 1.29 is 0 Å². The predicted octanol–water partition coefficient (Wildman–Crippen LogP) is 12.8. The Kier molecular flexibility index (Phi) is 6.82. The maximum absolute atomic E-state index is 5.46. The zero-order valence-corrected chi connectivity index (χ0v) is 29.3. The lowest BCUT2D eigenvalue weighted by Crippen LogP contribution is -2.04. The molecule has 0 aliphatic heterocycles. The molecule has 0 radical (unpaired) electrons. The number of hydrogen-bond donors (Lipinski definition) is 0. The minimum atomic E-state index is 0.649. The molecule has 0 amide bonds. The topological polar surface area (TPSA) is 35.6 Å². The van der Waals surface area contributed by atoms with E-state index < -0.39 is 0 Å². The highest BCUT2D eigenvalue weighted by Crippen LogP contribution is 2.43. The molecule has 11 rings (SSSR count). The molecule has 252 valence electrons. The van der Waals surface area contributed by atoms with E-state index in [1.165, 1.54) is 38.2 Å². The molecular weight excluding hydrogens is 657 g/mol. The molecule has 0 aliphatic rings. The number of rotatable bonds is 5. The summed E-state index contributed by atoms with van der Waals surface area (Å²) in [6, 6.07) is 68.9. The van der Waals surface area contributed by atoms with Crippen LogP contribution in [0.2, 0.25) is 0 Å². The first kappa shape index (κ1) is 30.3. The van der Waals surface area contributed by atoms with Crippen molar-refractivity contribution in [1.29, 1.82) is 0 Å². The lowest BCUT2D eigenvalue weighted by atomic mass is 9.99. The SMILES string of the molecule is c1ccc(-c2ccc(-n3c4ccccc4c4c5c6ccccc6n(-c6nc(-c7ccccc7)c7cccc(-c8ccccc8)c7n6)c5ccc43)cc2)cc1. The van der Waals surface area contributed by atoms with Crippen LogP contribution in [-0.2, 0) is 0 Å². The van der Waals surface area contributed by atoms with E-state index in [9.17, 15) is 0 Å². The minimum Gasteiger partial charge on any atom is -0.309 e. The molecule has 0 spiro atoms. The van der Waals surface area contributed by atoms with Gasteiger partial charge in [-0.1, -0.05) is 158 Å². The largest absolute Gasteiger partial charge is 0.309 e. The van der Waals surface area contributed by atoms with E-state index in [-0.39, 0.29) is 0 Å². The van der Waals surface area contributed by atoms with Crippen LogP contribution >= 0.6 is 0 Å². The number of aromatic nitrogens is 4. The Hall–Kier alpha value is -7.30. The molecule has 0 N–H and O–H groups in total. The van der Waals surface area contributed by atoms with E-state index in [0.717, 1.165) is 55.5 Å². The second-order valence-corrected chi connectivity index (χ2v) is 13.8. The van der Waals surface area contributed by atoms with E-state index in [0.29, 0.717) is 5.95 Å². The molecule has 0 saturated carbocycles. The first-order valence-corrected chi connectivity index (χ1v) is 18.3. The molecule has 11 aromatic rings. The molecule has 54 heavy (non-hydrogen) atoms. The van der Waals surface area contributed by atoms with Crippen molar-refractivity contribution >= 4 is 54.5 Å². The van der Waals surface area contributed by atoms with Gasteiger partial charge in [-0.05, 0) is 53.1 Å². The van der Waals surface area contributed by atoms with Crippen molar-refractivity contribution in [3.63, 3.8) is 0 Å². The Morgan fingerprint density at radius 1 is 0.315 bits per heavy atom. The van der Waals surface area contributed by atoms with E-state index in [2.05, 4.69) is 203 Å². The molecule has 3 aromatic heterocycles. The standard InChI is InChI=1S/C50H32N4/c1-4-15-33(16-5-1)34-27-29-37(30-28-34)53-42-25-12-10-21-39(42)46-44(53)31-32-45-47(46)40-22-11-13-26-43(40)54(45)50-51-48(36-19-8-3-9-20-36)41-24-14-23-38(49(41)52-50)35-17-6-2-7-18-35/h1-32H. The van der Waals surface area contributed by atoms with Crippen molar-refractivity contribution in [2.24, 2.45) is 0 Å². The van der Waals surface area contributed by atoms with Gasteiger partial charge in [0.1, 0.15) is 0 Å². The molecule has 0 unspecified atom stereocenters. The fraction of sp³-hybridized carbons (Fsp3) is 0. The van der Waals surface area contributed by atoms with Gasteiger partial charge < -0.3 is 4.57 Å². The van der Waals surface area contributed by atoms with Gasteiger partial charge in [-0.15, -0.1) is 0 Å². The monoisotopic (exact) mass is 688 g/mol. The predicted molar refractivity (Wildman–Crippen MR) is 225 cm³/mol. The summed E-state index contributed by atoms with van der Waals surface area (Å²) in [5.41, 5.74) is 13.1. The molecular formula is C50H32N4. The average Bonchev–Trinajstić information content (AvgIpc) is 3.77. The number of para-hydroxylation sites is 3. The minimum absolute atomic E-state index is 0.649. The van der Waals surface area contributed by atoms with Crippen molar-refractivity contribution in [2.75, 3.05) is 0 Å². The van der Waals surface area contributed by atoms with Crippen molar-refractivity contribution in [3.05, 3.63) is 194 Å². The zero-order chi connectivity index (χ0) is 35.6. The summed E-state index contributed by atoms with van der Waals surface area (Å²) in [6.45, 7) is 0. The fourth-order valence-corrected chi connectivity index (χ4v) is 8.35. The molecule has 8 aromatic carbocycles. The van der Waals surface area contributed by atoms with Gasteiger partial charge in [0.25, 0.3) is 0 Å². The van der Waals surface area contributed by atoms with Gasteiger partial charge in [0, 0.05) is 43.7 Å². The summed E-state index contributed by atoms with van der Waals surface area (Å²) in [4.78, 5) is 10.9. The van der Waals surface area contributed by atoms with Crippen LogP contribution in [0.5, 0.6) is 0 Å². The summed E-state index contributed by atoms with van der Waals surface area (Å²) >= 11 is 0. The second-order valence-electron chi connectivity index (χ2n) is 13.8. The zero-order valence-electron chi connectivity index (χ0n) is 29.3. The van der Waals surface area contributed by atoms with Crippen LogP contribution in [0.1, 0.15) is 0 Å². The number of fused-ring (bicyclic) bond motifs is 8. The van der Waals surface area contributed by atoms with Crippen molar-refractivity contribution in [3.8, 4) is 45.1 Å².